The zero-order valence-electron chi connectivity index (χ0n) is 9.22. The third-order valence-electron chi connectivity index (χ3n) is 2.33. The van der Waals surface area contributed by atoms with E-state index in [4.69, 9.17) is 0 Å². The molecule has 1 heterocycles. The molecule has 1 atom stereocenters. The Morgan fingerprint density at radius 1 is 1.11 bits per heavy atom. The molecule has 1 aromatic heterocycles. The summed E-state index contributed by atoms with van der Waals surface area (Å²) >= 11 is 0.460. The lowest BCUT2D eigenvalue weighted by atomic mass is 9.87. The van der Waals surface area contributed by atoms with Gasteiger partial charge >= 0.3 is 17.8 Å². The molecule has 0 aromatic carbocycles. The Morgan fingerprint density at radius 2 is 1.63 bits per heavy atom. The van der Waals surface area contributed by atoms with Gasteiger partial charge in [-0.25, -0.2) is 4.39 Å². The molecular formula is C10H6F6O2S. The monoisotopic (exact) mass is 304 g/mol. The Kier molecular flexibility index (Phi) is 3.81. The summed E-state index contributed by atoms with van der Waals surface area (Å²) in [7, 11) is 0. The number of Topliss-reactive ketones (excluding diaryl/α,β-unsaturated/α-hetero) is 2. The average Bonchev–Trinajstić information content (AvgIpc) is 2.77. The second kappa shape index (κ2) is 4.62. The summed E-state index contributed by atoms with van der Waals surface area (Å²) in [5.74, 6) is -10.5. The van der Waals surface area contributed by atoms with Crippen molar-refractivity contribution in [2.45, 2.75) is 24.7 Å². The van der Waals surface area contributed by atoms with Gasteiger partial charge in [0.1, 0.15) is 0 Å². The van der Waals surface area contributed by atoms with Crippen LogP contribution in [0.4, 0.5) is 26.3 Å². The number of ketones is 2. The first-order chi connectivity index (χ1) is 8.46. The van der Waals surface area contributed by atoms with Crippen LogP contribution in [0.25, 0.3) is 0 Å². The molecule has 0 aliphatic rings. The number of alkyl halides is 6. The fourth-order valence-corrected chi connectivity index (χ4v) is 2.00. The van der Waals surface area contributed by atoms with Crippen molar-refractivity contribution in [1.29, 1.82) is 0 Å². The Labute approximate surface area is 107 Å². The molecule has 0 N–H and O–H groups in total. The van der Waals surface area contributed by atoms with E-state index in [-0.39, 0.29) is 6.92 Å². The first-order valence-corrected chi connectivity index (χ1v) is 5.57. The van der Waals surface area contributed by atoms with Gasteiger partial charge in [-0.1, -0.05) is 6.07 Å². The van der Waals surface area contributed by atoms with Crippen LogP contribution in [0.15, 0.2) is 17.5 Å². The van der Waals surface area contributed by atoms with E-state index in [2.05, 4.69) is 0 Å². The molecule has 1 aromatic rings. The van der Waals surface area contributed by atoms with Crippen molar-refractivity contribution in [3.8, 4) is 0 Å². The van der Waals surface area contributed by atoms with Crippen LogP contribution >= 0.6 is 11.3 Å². The van der Waals surface area contributed by atoms with Gasteiger partial charge in [-0.05, 0) is 18.4 Å². The minimum atomic E-state index is -6.36. The van der Waals surface area contributed by atoms with Crippen molar-refractivity contribution in [1.82, 2.24) is 0 Å². The molecule has 1 unspecified atom stereocenters. The number of carbonyl (C=O) groups excluding carboxylic acids is 2. The number of hydrogen-bond acceptors (Lipinski definition) is 3. The van der Waals surface area contributed by atoms with Crippen molar-refractivity contribution in [3.05, 3.63) is 22.4 Å². The molecule has 106 valence electrons. The third kappa shape index (κ3) is 2.26. The maximum absolute atomic E-state index is 14.0. The van der Waals surface area contributed by atoms with Crippen molar-refractivity contribution in [2.75, 3.05) is 0 Å². The van der Waals surface area contributed by atoms with Crippen LogP contribution in [0.1, 0.15) is 16.6 Å². The van der Waals surface area contributed by atoms with Crippen LogP contribution in [0.3, 0.4) is 0 Å². The summed E-state index contributed by atoms with van der Waals surface area (Å²) in [6, 6.07) is 2.01. The lowest BCUT2D eigenvalue weighted by Gasteiger charge is -2.30. The van der Waals surface area contributed by atoms with Crippen LogP contribution in [-0.4, -0.2) is 29.3 Å². The van der Waals surface area contributed by atoms with E-state index in [0.29, 0.717) is 11.3 Å². The lowest BCUT2D eigenvalue weighted by molar-refractivity contribution is -0.310. The summed E-state index contributed by atoms with van der Waals surface area (Å²) < 4.78 is 76.9. The largest absolute Gasteiger partial charge is 0.457 e. The molecule has 0 saturated carbocycles. The molecule has 2 nitrogen and oxygen atoms in total. The van der Waals surface area contributed by atoms with E-state index in [0.717, 1.165) is 12.1 Å². The predicted octanol–water partition coefficient (Wildman–Crippen LogP) is 3.43. The van der Waals surface area contributed by atoms with Gasteiger partial charge in [-0.2, -0.15) is 22.0 Å². The lowest BCUT2D eigenvalue weighted by Crippen LogP contribution is -2.62. The minimum Gasteiger partial charge on any atom is -0.296 e. The fourth-order valence-electron chi connectivity index (χ4n) is 1.30. The van der Waals surface area contributed by atoms with E-state index < -0.39 is 34.2 Å². The quantitative estimate of drug-likeness (QED) is 0.485. The SMILES string of the molecule is CC(=O)C(F)(C(=O)c1cccs1)C(F)(F)C(F)(F)F. The zero-order chi connectivity index (χ0) is 15.1. The van der Waals surface area contributed by atoms with E-state index in [1.165, 1.54) is 5.38 Å². The normalized spacial score (nSPS) is 15.9. The Hall–Kier alpha value is -1.38. The van der Waals surface area contributed by atoms with Crippen molar-refractivity contribution < 1.29 is 35.9 Å². The second-order valence-corrected chi connectivity index (χ2v) is 4.54. The van der Waals surface area contributed by atoms with Gasteiger partial charge in [0.15, 0.2) is 5.78 Å². The molecule has 0 spiro atoms. The summed E-state index contributed by atoms with van der Waals surface area (Å²) in [6.07, 6.45) is -6.36. The van der Waals surface area contributed by atoms with E-state index in [1.807, 2.05) is 0 Å². The summed E-state index contributed by atoms with van der Waals surface area (Å²) in [6.45, 7) is 0.172. The van der Waals surface area contributed by atoms with E-state index in [9.17, 15) is 35.9 Å². The molecule has 0 aliphatic heterocycles. The maximum Gasteiger partial charge on any atom is 0.457 e. The molecular weight excluding hydrogens is 298 g/mol. The molecule has 0 aliphatic carbocycles. The zero-order valence-corrected chi connectivity index (χ0v) is 10.0. The molecule has 0 bridgehead atoms. The van der Waals surface area contributed by atoms with Crippen LogP contribution in [0, 0.1) is 0 Å². The standard InChI is InChI=1S/C10H6F6O2S/c1-5(17)8(11,9(12,13)10(14,15)16)7(18)6-3-2-4-19-6/h2-4H,1H3. The molecule has 0 saturated heterocycles. The Balaban J connectivity index is 3.42. The third-order valence-corrected chi connectivity index (χ3v) is 3.20. The first kappa shape index (κ1) is 15.7. The van der Waals surface area contributed by atoms with Crippen molar-refractivity contribution in [2.24, 2.45) is 0 Å². The van der Waals surface area contributed by atoms with Crippen LogP contribution in [0.2, 0.25) is 0 Å². The number of thiophene rings is 1. The molecule has 1 rings (SSSR count). The Bertz CT molecular complexity index is 493. The van der Waals surface area contributed by atoms with Crippen LogP contribution in [-0.2, 0) is 4.79 Å². The summed E-state index contributed by atoms with van der Waals surface area (Å²) in [5, 5.41) is 1.18. The number of hydrogen-bond donors (Lipinski definition) is 0. The van der Waals surface area contributed by atoms with Gasteiger partial charge in [0, 0.05) is 0 Å². The van der Waals surface area contributed by atoms with Gasteiger partial charge in [0.2, 0.25) is 5.78 Å². The smallest absolute Gasteiger partial charge is 0.296 e. The number of rotatable bonds is 4. The molecule has 9 heteroatoms. The number of halogens is 6. The van der Waals surface area contributed by atoms with E-state index >= 15 is 0 Å². The highest BCUT2D eigenvalue weighted by Crippen LogP contribution is 2.47. The molecule has 0 radical (unpaired) electrons. The van der Waals surface area contributed by atoms with Crippen molar-refractivity contribution >= 4 is 22.9 Å². The van der Waals surface area contributed by atoms with E-state index in [1.54, 1.807) is 0 Å². The average molecular weight is 304 g/mol. The first-order valence-electron chi connectivity index (χ1n) is 4.69. The highest BCUT2D eigenvalue weighted by Gasteiger charge is 2.76. The van der Waals surface area contributed by atoms with Gasteiger partial charge in [-0.15, -0.1) is 11.3 Å². The van der Waals surface area contributed by atoms with Gasteiger partial charge < -0.3 is 0 Å². The summed E-state index contributed by atoms with van der Waals surface area (Å²) in [5.41, 5.74) is -4.96. The van der Waals surface area contributed by atoms with Gasteiger partial charge in [-0.3, -0.25) is 9.59 Å². The predicted molar refractivity (Wildman–Crippen MR) is 54.2 cm³/mol. The topological polar surface area (TPSA) is 34.1 Å². The van der Waals surface area contributed by atoms with Crippen LogP contribution < -0.4 is 0 Å². The maximum atomic E-state index is 14.0. The molecule has 0 amide bonds. The minimum absolute atomic E-state index is 0.172. The highest BCUT2D eigenvalue weighted by atomic mass is 32.1. The molecule has 0 fully saturated rings. The number of carbonyl (C=O) groups is 2. The van der Waals surface area contributed by atoms with Gasteiger partial charge in [0.25, 0.3) is 0 Å². The second-order valence-electron chi connectivity index (χ2n) is 3.59. The highest BCUT2D eigenvalue weighted by molar-refractivity contribution is 7.12. The Morgan fingerprint density at radius 3 is 1.95 bits per heavy atom. The van der Waals surface area contributed by atoms with Gasteiger partial charge in [0.05, 0.1) is 4.88 Å². The van der Waals surface area contributed by atoms with Crippen LogP contribution in [0.5, 0.6) is 0 Å². The fraction of sp³-hybridized carbons (Fsp3) is 0.400. The molecule has 19 heavy (non-hydrogen) atoms. The van der Waals surface area contributed by atoms with Crippen molar-refractivity contribution in [3.63, 3.8) is 0 Å². The summed E-state index contributed by atoms with van der Waals surface area (Å²) in [4.78, 5) is 21.7.